The second-order valence-corrected chi connectivity index (χ2v) is 4.66. The first-order valence-electron chi connectivity index (χ1n) is 5.40. The van der Waals surface area contributed by atoms with Crippen LogP contribution in [0.3, 0.4) is 0 Å². The summed E-state index contributed by atoms with van der Waals surface area (Å²) in [6.07, 6.45) is 0. The van der Waals surface area contributed by atoms with E-state index < -0.39 is 5.92 Å². The molecule has 1 aromatic rings. The van der Waals surface area contributed by atoms with E-state index >= 15 is 0 Å². The SMILES string of the molecule is CC(C)C(C#N)C(=O)N(C)c1ccc(Cl)cc1. The minimum atomic E-state index is -0.615. The van der Waals surface area contributed by atoms with Gasteiger partial charge in [0, 0.05) is 17.8 Å². The number of benzene rings is 1. The van der Waals surface area contributed by atoms with Gasteiger partial charge in [-0.3, -0.25) is 4.79 Å². The molecule has 0 fully saturated rings. The summed E-state index contributed by atoms with van der Waals surface area (Å²) >= 11 is 5.78. The summed E-state index contributed by atoms with van der Waals surface area (Å²) in [5.74, 6) is -0.803. The Labute approximate surface area is 107 Å². The van der Waals surface area contributed by atoms with Crippen molar-refractivity contribution in [2.45, 2.75) is 13.8 Å². The molecule has 0 bridgehead atoms. The topological polar surface area (TPSA) is 44.1 Å². The number of carbonyl (C=O) groups is 1. The molecular formula is C13H15ClN2O. The van der Waals surface area contributed by atoms with E-state index in [9.17, 15) is 4.79 Å². The third-order valence-electron chi connectivity index (χ3n) is 2.62. The molecule has 4 heteroatoms. The number of rotatable bonds is 3. The Bertz CT molecular complexity index is 434. The zero-order valence-electron chi connectivity index (χ0n) is 10.1. The first-order valence-corrected chi connectivity index (χ1v) is 5.78. The lowest BCUT2D eigenvalue weighted by Crippen LogP contribution is -2.34. The van der Waals surface area contributed by atoms with Gasteiger partial charge in [0.1, 0.15) is 5.92 Å². The van der Waals surface area contributed by atoms with Crippen molar-refractivity contribution in [2.24, 2.45) is 11.8 Å². The fraction of sp³-hybridized carbons (Fsp3) is 0.385. The predicted octanol–water partition coefficient (Wildman–Crippen LogP) is 3.10. The van der Waals surface area contributed by atoms with E-state index in [0.717, 1.165) is 5.69 Å². The number of hydrogen-bond donors (Lipinski definition) is 0. The van der Waals surface area contributed by atoms with Gasteiger partial charge in [-0.1, -0.05) is 25.4 Å². The normalized spacial score (nSPS) is 12.0. The van der Waals surface area contributed by atoms with Crippen LogP contribution in [0.1, 0.15) is 13.8 Å². The average Bonchev–Trinajstić information content (AvgIpc) is 2.29. The van der Waals surface area contributed by atoms with Crippen molar-refractivity contribution in [2.75, 3.05) is 11.9 Å². The molecule has 0 N–H and O–H groups in total. The second kappa shape index (κ2) is 5.70. The summed E-state index contributed by atoms with van der Waals surface area (Å²) < 4.78 is 0. The van der Waals surface area contributed by atoms with E-state index in [-0.39, 0.29) is 11.8 Å². The van der Waals surface area contributed by atoms with Crippen LogP contribution in [0.2, 0.25) is 5.02 Å². The number of hydrogen-bond acceptors (Lipinski definition) is 2. The van der Waals surface area contributed by atoms with Crippen LogP contribution in [0.4, 0.5) is 5.69 Å². The quantitative estimate of drug-likeness (QED) is 0.827. The minimum Gasteiger partial charge on any atom is -0.314 e. The first-order chi connectivity index (χ1) is 7.97. The van der Waals surface area contributed by atoms with E-state index in [4.69, 9.17) is 16.9 Å². The highest BCUT2D eigenvalue weighted by Crippen LogP contribution is 2.20. The van der Waals surface area contributed by atoms with Gasteiger partial charge in [0.25, 0.3) is 0 Å². The van der Waals surface area contributed by atoms with E-state index in [2.05, 4.69) is 0 Å². The maximum atomic E-state index is 12.1. The van der Waals surface area contributed by atoms with Crippen LogP contribution in [0, 0.1) is 23.2 Å². The standard InChI is InChI=1S/C13H15ClN2O/c1-9(2)12(8-15)13(17)16(3)11-6-4-10(14)5-7-11/h4-7,9,12H,1-3H3. The molecule has 0 spiro atoms. The summed E-state index contributed by atoms with van der Waals surface area (Å²) in [5, 5.41) is 9.61. The van der Waals surface area contributed by atoms with Gasteiger partial charge in [-0.05, 0) is 30.2 Å². The van der Waals surface area contributed by atoms with E-state index in [0.29, 0.717) is 5.02 Å². The van der Waals surface area contributed by atoms with Gasteiger partial charge in [-0.25, -0.2) is 0 Å². The molecule has 0 saturated carbocycles. The van der Waals surface area contributed by atoms with Crippen LogP contribution in [0.5, 0.6) is 0 Å². The van der Waals surface area contributed by atoms with Gasteiger partial charge in [0.2, 0.25) is 5.91 Å². The summed E-state index contributed by atoms with van der Waals surface area (Å²) in [6, 6.07) is 9.00. The number of nitriles is 1. The molecule has 0 aliphatic rings. The van der Waals surface area contributed by atoms with Crippen molar-refractivity contribution < 1.29 is 4.79 Å². The lowest BCUT2D eigenvalue weighted by molar-refractivity contribution is -0.121. The molecule has 0 saturated heterocycles. The highest BCUT2D eigenvalue weighted by Gasteiger charge is 2.25. The zero-order chi connectivity index (χ0) is 13.0. The molecular weight excluding hydrogens is 236 g/mol. The van der Waals surface area contributed by atoms with Gasteiger partial charge in [-0.15, -0.1) is 0 Å². The number of carbonyl (C=O) groups excluding carboxylic acids is 1. The third kappa shape index (κ3) is 3.21. The van der Waals surface area contributed by atoms with E-state index in [1.54, 1.807) is 31.3 Å². The van der Waals surface area contributed by atoms with Crippen LogP contribution in [0.25, 0.3) is 0 Å². The van der Waals surface area contributed by atoms with Gasteiger partial charge in [0.15, 0.2) is 0 Å². The summed E-state index contributed by atoms with van der Waals surface area (Å²) in [4.78, 5) is 13.6. The molecule has 1 amide bonds. The van der Waals surface area contributed by atoms with Crippen molar-refractivity contribution in [1.29, 1.82) is 5.26 Å². The van der Waals surface area contributed by atoms with Gasteiger partial charge in [-0.2, -0.15) is 5.26 Å². The highest BCUT2D eigenvalue weighted by molar-refractivity contribution is 6.30. The fourth-order valence-corrected chi connectivity index (χ4v) is 1.62. The van der Waals surface area contributed by atoms with Crippen molar-refractivity contribution in [3.05, 3.63) is 29.3 Å². The van der Waals surface area contributed by atoms with Gasteiger partial charge >= 0.3 is 0 Å². The number of amides is 1. The Balaban J connectivity index is 2.90. The molecule has 17 heavy (non-hydrogen) atoms. The van der Waals surface area contributed by atoms with Crippen LogP contribution in [-0.4, -0.2) is 13.0 Å². The number of nitrogens with zero attached hydrogens (tertiary/aromatic N) is 2. The van der Waals surface area contributed by atoms with E-state index in [1.807, 2.05) is 19.9 Å². The van der Waals surface area contributed by atoms with Crippen LogP contribution in [-0.2, 0) is 4.79 Å². The minimum absolute atomic E-state index is 0.00208. The Morgan fingerprint density at radius 2 is 1.88 bits per heavy atom. The smallest absolute Gasteiger partial charge is 0.244 e. The predicted molar refractivity (Wildman–Crippen MR) is 68.8 cm³/mol. The van der Waals surface area contributed by atoms with Crippen molar-refractivity contribution in [1.82, 2.24) is 0 Å². The molecule has 0 radical (unpaired) electrons. The van der Waals surface area contributed by atoms with Gasteiger partial charge < -0.3 is 4.90 Å². The number of anilines is 1. The Hall–Kier alpha value is -1.53. The molecule has 0 aliphatic heterocycles. The van der Waals surface area contributed by atoms with Crippen molar-refractivity contribution >= 4 is 23.2 Å². The third-order valence-corrected chi connectivity index (χ3v) is 2.87. The van der Waals surface area contributed by atoms with Gasteiger partial charge in [0.05, 0.1) is 6.07 Å². The molecule has 0 aliphatic carbocycles. The van der Waals surface area contributed by atoms with Crippen LogP contribution < -0.4 is 4.90 Å². The average molecular weight is 251 g/mol. The Morgan fingerprint density at radius 1 is 1.35 bits per heavy atom. The highest BCUT2D eigenvalue weighted by atomic mass is 35.5. The lowest BCUT2D eigenvalue weighted by Gasteiger charge is -2.22. The maximum Gasteiger partial charge on any atom is 0.244 e. The molecule has 1 aromatic carbocycles. The molecule has 1 atom stereocenters. The van der Waals surface area contributed by atoms with Crippen LogP contribution >= 0.6 is 11.6 Å². The molecule has 1 unspecified atom stereocenters. The fourth-order valence-electron chi connectivity index (χ4n) is 1.49. The summed E-state index contributed by atoms with van der Waals surface area (Å²) in [5.41, 5.74) is 0.736. The lowest BCUT2D eigenvalue weighted by atomic mass is 9.96. The Kier molecular flexibility index (Phi) is 4.53. The largest absolute Gasteiger partial charge is 0.314 e. The Morgan fingerprint density at radius 3 is 2.29 bits per heavy atom. The van der Waals surface area contributed by atoms with Crippen molar-refractivity contribution in [3.63, 3.8) is 0 Å². The number of halogens is 1. The maximum absolute atomic E-state index is 12.1. The molecule has 1 rings (SSSR count). The molecule has 0 heterocycles. The zero-order valence-corrected chi connectivity index (χ0v) is 10.9. The summed E-state index contributed by atoms with van der Waals surface area (Å²) in [6.45, 7) is 3.73. The van der Waals surface area contributed by atoms with Crippen LogP contribution in [0.15, 0.2) is 24.3 Å². The summed E-state index contributed by atoms with van der Waals surface area (Å²) in [7, 11) is 1.66. The second-order valence-electron chi connectivity index (χ2n) is 4.22. The first kappa shape index (κ1) is 13.5. The monoisotopic (exact) mass is 250 g/mol. The van der Waals surface area contributed by atoms with E-state index in [1.165, 1.54) is 4.90 Å². The molecule has 0 aromatic heterocycles. The van der Waals surface area contributed by atoms with Crippen molar-refractivity contribution in [3.8, 4) is 6.07 Å². The molecule has 90 valence electrons. The molecule has 3 nitrogen and oxygen atoms in total.